The number of carbonyl (C=O) groups excluding carboxylic acids is 1. The van der Waals surface area contributed by atoms with Crippen LogP contribution in [0.25, 0.3) is 0 Å². The largest absolute Gasteiger partial charge is 0.456 e. The van der Waals surface area contributed by atoms with E-state index in [2.05, 4.69) is 34.3 Å². The molecule has 0 amide bonds. The van der Waals surface area contributed by atoms with Crippen molar-refractivity contribution < 1.29 is 14.0 Å². The maximum atomic E-state index is 11.0. The Kier molecular flexibility index (Phi) is 6.25. The van der Waals surface area contributed by atoms with Crippen molar-refractivity contribution in [3.05, 3.63) is 12.7 Å². The Bertz CT molecular complexity index is 201. The monoisotopic (exact) mass is 214 g/mol. The third-order valence-electron chi connectivity index (χ3n) is 3.46. The Morgan fingerprint density at radius 2 is 1.80 bits per heavy atom. The molecule has 0 bridgehead atoms. The third kappa shape index (κ3) is 3.67. The summed E-state index contributed by atoms with van der Waals surface area (Å²) >= 11 is 0. The molecule has 0 aliphatic carbocycles. The van der Waals surface area contributed by atoms with E-state index in [1.807, 2.05) is 0 Å². The van der Waals surface area contributed by atoms with E-state index in [9.17, 15) is 4.79 Å². The molecule has 0 N–H and O–H groups in total. The molecule has 0 aromatic rings. The van der Waals surface area contributed by atoms with E-state index >= 15 is 0 Å². The van der Waals surface area contributed by atoms with Crippen LogP contribution in [0.15, 0.2) is 12.7 Å². The molecule has 0 aliphatic rings. The van der Waals surface area contributed by atoms with Crippen LogP contribution in [0.2, 0.25) is 0 Å². The molecule has 0 saturated heterocycles. The molecule has 0 radical (unpaired) electrons. The van der Waals surface area contributed by atoms with E-state index in [4.69, 9.17) is 4.74 Å². The van der Waals surface area contributed by atoms with Crippen LogP contribution < -0.4 is 0 Å². The summed E-state index contributed by atoms with van der Waals surface area (Å²) in [5, 5.41) is 0. The first kappa shape index (κ1) is 14.2. The second-order valence-corrected chi connectivity index (χ2v) is 3.85. The van der Waals surface area contributed by atoms with Crippen molar-refractivity contribution in [1.29, 1.82) is 0 Å². The van der Waals surface area contributed by atoms with Gasteiger partial charge >= 0.3 is 5.97 Å². The Morgan fingerprint density at radius 3 is 2.13 bits per heavy atom. The van der Waals surface area contributed by atoms with Crippen LogP contribution in [0.5, 0.6) is 0 Å². The van der Waals surface area contributed by atoms with Gasteiger partial charge in [-0.3, -0.25) is 0 Å². The van der Waals surface area contributed by atoms with Crippen LogP contribution in [0.4, 0.5) is 0 Å². The molecule has 1 atom stereocenters. The van der Waals surface area contributed by atoms with E-state index in [1.54, 1.807) is 0 Å². The molecule has 0 aromatic heterocycles. The lowest BCUT2D eigenvalue weighted by Gasteiger charge is -2.41. The van der Waals surface area contributed by atoms with Gasteiger partial charge in [0, 0.05) is 6.08 Å². The molecule has 3 heteroatoms. The highest BCUT2D eigenvalue weighted by Gasteiger charge is 2.29. The van der Waals surface area contributed by atoms with Crippen molar-refractivity contribution in [1.82, 2.24) is 0 Å². The molecular weight excluding hydrogens is 190 g/mol. The van der Waals surface area contributed by atoms with Gasteiger partial charge in [0.05, 0.1) is 19.6 Å². The third-order valence-corrected chi connectivity index (χ3v) is 3.46. The van der Waals surface area contributed by atoms with Crippen molar-refractivity contribution >= 4 is 5.97 Å². The van der Waals surface area contributed by atoms with Crippen LogP contribution in [0.1, 0.15) is 27.7 Å². The number of hydrogen-bond acceptors (Lipinski definition) is 2. The van der Waals surface area contributed by atoms with E-state index in [-0.39, 0.29) is 5.97 Å². The summed E-state index contributed by atoms with van der Waals surface area (Å²) in [5.74, 6) is -0.330. The van der Waals surface area contributed by atoms with Gasteiger partial charge in [0.25, 0.3) is 0 Å². The Hall–Kier alpha value is -0.830. The predicted molar refractivity (Wildman–Crippen MR) is 62.5 cm³/mol. The lowest BCUT2D eigenvalue weighted by atomic mass is 10.2. The normalized spacial score (nSPS) is 13.3. The molecule has 0 rings (SSSR count). The van der Waals surface area contributed by atoms with Crippen molar-refractivity contribution in [3.8, 4) is 0 Å². The molecule has 0 fully saturated rings. The highest BCUT2D eigenvalue weighted by atomic mass is 16.5. The van der Waals surface area contributed by atoms with Crippen molar-refractivity contribution in [2.24, 2.45) is 0 Å². The van der Waals surface area contributed by atoms with E-state index in [0.717, 1.165) is 24.1 Å². The quantitative estimate of drug-likeness (QED) is 0.368. The lowest BCUT2D eigenvalue weighted by molar-refractivity contribution is -0.945. The molecule has 0 heterocycles. The highest BCUT2D eigenvalue weighted by Crippen LogP contribution is 2.13. The summed E-state index contributed by atoms with van der Waals surface area (Å²) in [6.07, 6.45) is 1.21. The number of ether oxygens (including phenoxy) is 1. The molecule has 15 heavy (non-hydrogen) atoms. The van der Waals surface area contributed by atoms with Gasteiger partial charge in [0.2, 0.25) is 0 Å². The Morgan fingerprint density at radius 1 is 1.33 bits per heavy atom. The molecule has 88 valence electrons. The lowest BCUT2D eigenvalue weighted by Crippen LogP contribution is -2.55. The molecular formula is C12H24NO2+. The van der Waals surface area contributed by atoms with Gasteiger partial charge in [-0.05, 0) is 27.7 Å². The van der Waals surface area contributed by atoms with Crippen LogP contribution in [0, 0.1) is 0 Å². The summed E-state index contributed by atoms with van der Waals surface area (Å²) in [6.45, 7) is 15.7. The zero-order valence-electron chi connectivity index (χ0n) is 10.5. The molecule has 0 aromatic carbocycles. The van der Waals surface area contributed by atoms with Gasteiger partial charge < -0.3 is 9.22 Å². The van der Waals surface area contributed by atoms with Gasteiger partial charge in [0.1, 0.15) is 12.6 Å². The standard InChI is InChI=1S/C12H24NO2/c1-6-12(14)15-10-11(5)13(7-2,8-3)9-4/h6,11H,1,7-10H2,2-5H3/q+1. The first-order valence-corrected chi connectivity index (χ1v) is 5.71. The number of hydrogen-bond donors (Lipinski definition) is 0. The second kappa shape index (κ2) is 6.62. The maximum Gasteiger partial charge on any atom is 0.330 e. The first-order chi connectivity index (χ1) is 7.06. The summed E-state index contributed by atoms with van der Waals surface area (Å²) in [4.78, 5) is 11.0. The molecule has 1 unspecified atom stereocenters. The number of likely N-dealkylation sites (N-methyl/N-ethyl adjacent to an activating group) is 1. The molecule has 0 aliphatic heterocycles. The summed E-state index contributed by atoms with van der Waals surface area (Å²) in [6, 6.07) is 0.342. The Balaban J connectivity index is 4.32. The number of quaternary nitrogens is 1. The second-order valence-electron chi connectivity index (χ2n) is 3.85. The van der Waals surface area contributed by atoms with Crippen LogP contribution in [0.3, 0.4) is 0 Å². The average molecular weight is 214 g/mol. The molecule has 0 spiro atoms. The van der Waals surface area contributed by atoms with Gasteiger partial charge in [0.15, 0.2) is 0 Å². The first-order valence-electron chi connectivity index (χ1n) is 5.71. The highest BCUT2D eigenvalue weighted by molar-refractivity contribution is 5.81. The van der Waals surface area contributed by atoms with Crippen molar-refractivity contribution in [3.63, 3.8) is 0 Å². The SMILES string of the molecule is C=CC(=O)OCC(C)[N+](CC)(CC)CC. The zero-order valence-corrected chi connectivity index (χ0v) is 10.5. The fourth-order valence-electron chi connectivity index (χ4n) is 2.03. The number of rotatable bonds is 7. The van der Waals surface area contributed by atoms with E-state index < -0.39 is 0 Å². The number of nitrogens with zero attached hydrogens (tertiary/aromatic N) is 1. The van der Waals surface area contributed by atoms with Gasteiger partial charge in [-0.2, -0.15) is 0 Å². The van der Waals surface area contributed by atoms with E-state index in [1.165, 1.54) is 6.08 Å². The van der Waals surface area contributed by atoms with Gasteiger partial charge in [-0.15, -0.1) is 0 Å². The van der Waals surface area contributed by atoms with Crippen LogP contribution in [-0.2, 0) is 9.53 Å². The summed E-state index contributed by atoms with van der Waals surface area (Å²) < 4.78 is 6.08. The minimum atomic E-state index is -0.330. The average Bonchev–Trinajstić information content (AvgIpc) is 2.28. The number of esters is 1. The van der Waals surface area contributed by atoms with E-state index in [0.29, 0.717) is 12.6 Å². The number of carbonyl (C=O) groups is 1. The predicted octanol–water partition coefficient (Wildman–Crippen LogP) is 1.98. The Labute approximate surface area is 93.3 Å². The maximum absolute atomic E-state index is 11.0. The molecule has 0 saturated carbocycles. The van der Waals surface area contributed by atoms with Gasteiger partial charge in [-0.1, -0.05) is 6.58 Å². The summed E-state index contributed by atoms with van der Waals surface area (Å²) in [7, 11) is 0. The van der Waals surface area contributed by atoms with Crippen LogP contribution >= 0.6 is 0 Å². The van der Waals surface area contributed by atoms with Gasteiger partial charge in [-0.25, -0.2) is 4.79 Å². The van der Waals surface area contributed by atoms with Crippen molar-refractivity contribution in [2.45, 2.75) is 33.7 Å². The van der Waals surface area contributed by atoms with Crippen molar-refractivity contribution in [2.75, 3.05) is 26.2 Å². The fraction of sp³-hybridized carbons (Fsp3) is 0.750. The minimum absolute atomic E-state index is 0.330. The smallest absolute Gasteiger partial charge is 0.330 e. The topological polar surface area (TPSA) is 26.3 Å². The minimum Gasteiger partial charge on any atom is -0.456 e. The fourth-order valence-corrected chi connectivity index (χ4v) is 2.03. The van der Waals surface area contributed by atoms with Crippen LogP contribution in [-0.4, -0.2) is 42.7 Å². The summed E-state index contributed by atoms with van der Waals surface area (Å²) in [5.41, 5.74) is 0. The molecule has 3 nitrogen and oxygen atoms in total. The zero-order chi connectivity index (χ0) is 11.9.